The summed E-state index contributed by atoms with van der Waals surface area (Å²) in [5.41, 5.74) is -0.240. The van der Waals surface area contributed by atoms with E-state index in [0.29, 0.717) is 5.03 Å². The van der Waals surface area contributed by atoms with E-state index in [0.717, 1.165) is 40.5 Å². The fourth-order valence-electron chi connectivity index (χ4n) is 2.08. The van der Waals surface area contributed by atoms with Gasteiger partial charge in [-0.2, -0.15) is 13.2 Å². The molecule has 3 rings (SSSR count). The van der Waals surface area contributed by atoms with Crippen molar-refractivity contribution >= 4 is 46.3 Å². The van der Waals surface area contributed by atoms with Crippen molar-refractivity contribution in [2.75, 3.05) is 11.1 Å². The molecule has 2 heterocycles. The molecular weight excluding hydrogens is 419 g/mol. The number of amides is 1. The number of benzene rings is 1. The van der Waals surface area contributed by atoms with E-state index in [1.807, 2.05) is 17.5 Å². The van der Waals surface area contributed by atoms with Crippen molar-refractivity contribution in [2.24, 2.45) is 0 Å². The number of nitrogens with one attached hydrogen (secondary N) is 1. The predicted octanol–water partition coefficient (Wildman–Crippen LogP) is 5.61. The zero-order valence-electron chi connectivity index (χ0n) is 13.5. The highest BCUT2D eigenvalue weighted by Gasteiger charge is 2.31. The van der Waals surface area contributed by atoms with Crippen LogP contribution in [-0.2, 0) is 11.0 Å². The van der Waals surface area contributed by atoms with E-state index in [1.54, 1.807) is 12.1 Å². The Labute approximate surface area is 165 Å². The van der Waals surface area contributed by atoms with Gasteiger partial charge in [0.1, 0.15) is 10.7 Å². The minimum absolute atomic E-state index is 0.0291. The molecule has 1 aromatic carbocycles. The molecule has 1 N–H and O–H groups in total. The van der Waals surface area contributed by atoms with Crippen molar-refractivity contribution in [1.82, 2.24) is 10.2 Å². The highest BCUT2D eigenvalue weighted by atomic mass is 35.5. The summed E-state index contributed by atoms with van der Waals surface area (Å²) in [6, 6.07) is 10.1. The molecule has 0 saturated heterocycles. The van der Waals surface area contributed by atoms with E-state index in [1.165, 1.54) is 11.3 Å². The average Bonchev–Trinajstić information content (AvgIpc) is 3.16. The molecule has 0 aliphatic rings. The maximum atomic E-state index is 12.8. The quantitative estimate of drug-likeness (QED) is 0.536. The van der Waals surface area contributed by atoms with E-state index in [2.05, 4.69) is 15.5 Å². The summed E-state index contributed by atoms with van der Waals surface area (Å²) in [6.07, 6.45) is -4.52. The number of rotatable bonds is 5. The van der Waals surface area contributed by atoms with E-state index in [9.17, 15) is 18.0 Å². The van der Waals surface area contributed by atoms with Gasteiger partial charge in [-0.15, -0.1) is 21.5 Å². The van der Waals surface area contributed by atoms with Gasteiger partial charge in [0.15, 0.2) is 0 Å². The Morgan fingerprint density at radius 2 is 2.00 bits per heavy atom. The van der Waals surface area contributed by atoms with Gasteiger partial charge in [-0.05, 0) is 41.8 Å². The van der Waals surface area contributed by atoms with E-state index < -0.39 is 17.6 Å². The number of carbonyl (C=O) groups is 1. The lowest BCUT2D eigenvalue weighted by atomic mass is 10.2. The van der Waals surface area contributed by atoms with Gasteiger partial charge in [0.25, 0.3) is 0 Å². The second-order valence-electron chi connectivity index (χ2n) is 5.26. The minimum atomic E-state index is -4.52. The lowest BCUT2D eigenvalue weighted by Gasteiger charge is -2.11. The number of carbonyl (C=O) groups excluding carboxylic acids is 1. The number of alkyl halides is 3. The van der Waals surface area contributed by atoms with Gasteiger partial charge in [0.2, 0.25) is 5.91 Å². The highest BCUT2D eigenvalue weighted by Crippen LogP contribution is 2.34. The SMILES string of the molecule is O=C(CSc1ccc(-c2cccs2)nn1)Nc1cc(C(F)(F)F)ccc1Cl. The lowest BCUT2D eigenvalue weighted by Crippen LogP contribution is -2.15. The van der Waals surface area contributed by atoms with Gasteiger partial charge in [0, 0.05) is 0 Å². The maximum absolute atomic E-state index is 12.8. The van der Waals surface area contributed by atoms with Gasteiger partial charge in [-0.1, -0.05) is 29.4 Å². The molecule has 4 nitrogen and oxygen atoms in total. The van der Waals surface area contributed by atoms with Gasteiger partial charge < -0.3 is 5.32 Å². The highest BCUT2D eigenvalue weighted by molar-refractivity contribution is 7.99. The van der Waals surface area contributed by atoms with Crippen LogP contribution in [0, 0.1) is 0 Å². The molecule has 0 saturated carbocycles. The van der Waals surface area contributed by atoms with E-state index >= 15 is 0 Å². The first-order valence-electron chi connectivity index (χ1n) is 7.50. The summed E-state index contributed by atoms with van der Waals surface area (Å²) in [4.78, 5) is 13.0. The average molecular weight is 430 g/mol. The standard InChI is InChI=1S/C17H11ClF3N3OS2/c18-11-4-3-10(17(19,20)21)8-13(11)22-15(25)9-27-16-6-5-12(23-24-16)14-2-1-7-26-14/h1-8H,9H2,(H,22,25). The number of halogens is 4. The van der Waals surface area contributed by atoms with Crippen molar-refractivity contribution in [1.29, 1.82) is 0 Å². The monoisotopic (exact) mass is 429 g/mol. The number of thiophene rings is 1. The molecule has 0 aliphatic heterocycles. The van der Waals surface area contributed by atoms with Crippen LogP contribution in [0.2, 0.25) is 5.02 Å². The van der Waals surface area contributed by atoms with Gasteiger partial charge in [-0.25, -0.2) is 0 Å². The Kier molecular flexibility index (Phi) is 6.03. The smallest absolute Gasteiger partial charge is 0.324 e. The summed E-state index contributed by atoms with van der Waals surface area (Å²) < 4.78 is 38.3. The number of nitrogens with zero attached hydrogens (tertiary/aromatic N) is 2. The van der Waals surface area contributed by atoms with Crippen LogP contribution in [0.1, 0.15) is 5.56 Å². The third kappa shape index (κ3) is 5.21. The van der Waals surface area contributed by atoms with Gasteiger partial charge in [-0.3, -0.25) is 4.79 Å². The molecule has 27 heavy (non-hydrogen) atoms. The van der Waals surface area contributed by atoms with Crippen LogP contribution in [0.25, 0.3) is 10.6 Å². The number of thioether (sulfide) groups is 1. The molecule has 140 valence electrons. The molecule has 3 aromatic rings. The summed E-state index contributed by atoms with van der Waals surface area (Å²) in [5, 5.41) is 13.0. The fraction of sp³-hybridized carbons (Fsp3) is 0.118. The van der Waals surface area contributed by atoms with Crippen LogP contribution in [0.15, 0.2) is 52.9 Å². The third-order valence-corrected chi connectivity index (χ3v) is 5.47. The second-order valence-corrected chi connectivity index (χ2v) is 7.61. The summed E-state index contributed by atoms with van der Waals surface area (Å²) >= 11 is 8.52. The molecule has 2 aromatic heterocycles. The van der Waals surface area contributed by atoms with E-state index in [-0.39, 0.29) is 16.5 Å². The number of aromatic nitrogens is 2. The Bertz CT molecular complexity index is 932. The van der Waals surface area contributed by atoms with Crippen molar-refractivity contribution in [3.05, 3.63) is 58.4 Å². The molecule has 0 aliphatic carbocycles. The zero-order chi connectivity index (χ0) is 19.4. The van der Waals surface area contributed by atoms with Crippen LogP contribution >= 0.6 is 34.7 Å². The van der Waals surface area contributed by atoms with Crippen LogP contribution < -0.4 is 5.32 Å². The van der Waals surface area contributed by atoms with Crippen molar-refractivity contribution in [3.8, 4) is 10.6 Å². The molecule has 0 unspecified atom stereocenters. The first kappa shape index (κ1) is 19.7. The first-order valence-corrected chi connectivity index (χ1v) is 9.74. The second kappa shape index (κ2) is 8.28. The molecule has 0 radical (unpaired) electrons. The number of hydrogen-bond donors (Lipinski definition) is 1. The van der Waals surface area contributed by atoms with Crippen LogP contribution in [0.3, 0.4) is 0 Å². The van der Waals surface area contributed by atoms with Crippen LogP contribution in [0.4, 0.5) is 18.9 Å². The topological polar surface area (TPSA) is 54.9 Å². The Balaban J connectivity index is 1.60. The summed E-state index contributed by atoms with van der Waals surface area (Å²) in [7, 11) is 0. The predicted molar refractivity (Wildman–Crippen MR) is 101 cm³/mol. The zero-order valence-corrected chi connectivity index (χ0v) is 15.8. The summed E-state index contributed by atoms with van der Waals surface area (Å²) in [6.45, 7) is 0. The van der Waals surface area contributed by atoms with Crippen molar-refractivity contribution < 1.29 is 18.0 Å². The Hall–Kier alpha value is -2.10. The van der Waals surface area contributed by atoms with Crippen molar-refractivity contribution in [2.45, 2.75) is 11.2 Å². The van der Waals surface area contributed by atoms with Crippen LogP contribution in [0.5, 0.6) is 0 Å². The molecule has 0 spiro atoms. The summed E-state index contributed by atoms with van der Waals surface area (Å²) in [5.74, 6) is -0.537. The number of hydrogen-bond acceptors (Lipinski definition) is 5. The van der Waals surface area contributed by atoms with Gasteiger partial charge in [0.05, 0.1) is 26.9 Å². The Morgan fingerprint density at radius 3 is 2.63 bits per heavy atom. The van der Waals surface area contributed by atoms with Gasteiger partial charge >= 0.3 is 6.18 Å². The minimum Gasteiger partial charge on any atom is -0.324 e. The van der Waals surface area contributed by atoms with E-state index in [4.69, 9.17) is 11.6 Å². The molecular formula is C17H11ClF3N3OS2. The molecule has 10 heteroatoms. The van der Waals surface area contributed by atoms with Crippen molar-refractivity contribution in [3.63, 3.8) is 0 Å². The Morgan fingerprint density at radius 1 is 1.19 bits per heavy atom. The largest absolute Gasteiger partial charge is 0.416 e. The molecule has 0 bridgehead atoms. The lowest BCUT2D eigenvalue weighted by molar-refractivity contribution is -0.137. The number of anilines is 1. The van der Waals surface area contributed by atoms with Crippen LogP contribution in [-0.4, -0.2) is 21.9 Å². The molecule has 0 fully saturated rings. The molecule has 0 atom stereocenters. The molecule has 1 amide bonds. The first-order chi connectivity index (χ1) is 12.8. The normalized spacial score (nSPS) is 11.4. The maximum Gasteiger partial charge on any atom is 0.416 e. The third-order valence-electron chi connectivity index (χ3n) is 3.33. The fourth-order valence-corrected chi connectivity index (χ4v) is 3.55.